The minimum Gasteiger partial charge on any atom is -0.356 e. The molecule has 0 atom stereocenters. The van der Waals surface area contributed by atoms with E-state index in [-0.39, 0.29) is 5.91 Å². The highest BCUT2D eigenvalue weighted by Gasteiger charge is 2.35. The molecule has 0 saturated carbocycles. The van der Waals surface area contributed by atoms with Gasteiger partial charge in [0, 0.05) is 13.0 Å². The van der Waals surface area contributed by atoms with Gasteiger partial charge >= 0.3 is 0 Å². The molecule has 68 valence electrons. The summed E-state index contributed by atoms with van der Waals surface area (Å²) in [7, 11) is 0. The third-order valence-corrected chi connectivity index (χ3v) is 4.08. The molecule has 2 nitrogen and oxygen atoms in total. The summed E-state index contributed by atoms with van der Waals surface area (Å²) >= 11 is 2.05. The fourth-order valence-corrected chi connectivity index (χ4v) is 3.43. The number of hydrogen-bond donors (Lipinski definition) is 1. The van der Waals surface area contributed by atoms with Crippen LogP contribution in [0.25, 0.3) is 0 Å². The Morgan fingerprint density at radius 2 is 2.00 bits per heavy atom. The third kappa shape index (κ3) is 1.60. The predicted octanol–water partition coefficient (Wildman–Crippen LogP) is 1.41. The molecule has 2 fully saturated rings. The molecule has 0 bridgehead atoms. The van der Waals surface area contributed by atoms with Crippen molar-refractivity contribution in [2.24, 2.45) is 5.41 Å². The minimum atomic E-state index is 0.249. The molecule has 1 spiro atoms. The normalized spacial score (nSPS) is 28.5. The number of amides is 1. The summed E-state index contributed by atoms with van der Waals surface area (Å²) in [5.41, 5.74) is 0.485. The second-order valence-corrected chi connectivity index (χ2v) is 5.11. The summed E-state index contributed by atoms with van der Waals surface area (Å²) in [6.07, 6.45) is 4.49. The fourth-order valence-electron chi connectivity index (χ4n) is 2.07. The second kappa shape index (κ2) is 3.29. The van der Waals surface area contributed by atoms with Gasteiger partial charge in [-0.2, -0.15) is 11.8 Å². The number of hydrogen-bond acceptors (Lipinski definition) is 2. The largest absolute Gasteiger partial charge is 0.356 e. The van der Waals surface area contributed by atoms with Gasteiger partial charge in [-0.1, -0.05) is 0 Å². The number of nitrogens with one attached hydrogen (secondary N) is 1. The molecule has 1 amide bonds. The molecular formula is C9H15NOS. The lowest BCUT2D eigenvalue weighted by atomic mass is 9.76. The lowest BCUT2D eigenvalue weighted by Gasteiger charge is -2.40. The molecule has 0 aromatic heterocycles. The highest BCUT2D eigenvalue weighted by atomic mass is 32.2. The van der Waals surface area contributed by atoms with Gasteiger partial charge in [0.2, 0.25) is 5.91 Å². The van der Waals surface area contributed by atoms with Crippen molar-refractivity contribution in [1.29, 1.82) is 0 Å². The molecule has 0 unspecified atom stereocenters. The molecule has 0 radical (unpaired) electrons. The highest BCUT2D eigenvalue weighted by molar-refractivity contribution is 7.99. The van der Waals surface area contributed by atoms with E-state index in [4.69, 9.17) is 0 Å². The van der Waals surface area contributed by atoms with E-state index in [0.29, 0.717) is 5.41 Å². The van der Waals surface area contributed by atoms with Crippen LogP contribution in [-0.2, 0) is 4.79 Å². The summed E-state index contributed by atoms with van der Waals surface area (Å²) < 4.78 is 0. The highest BCUT2D eigenvalue weighted by Crippen LogP contribution is 2.39. The molecule has 0 aromatic carbocycles. The Labute approximate surface area is 77.5 Å². The fraction of sp³-hybridized carbons (Fsp3) is 0.889. The number of carbonyl (C=O) groups is 1. The first-order chi connectivity index (χ1) is 5.81. The first-order valence-electron chi connectivity index (χ1n) is 4.65. The van der Waals surface area contributed by atoms with Crippen LogP contribution in [0.4, 0.5) is 0 Å². The number of rotatable bonds is 0. The van der Waals surface area contributed by atoms with Crippen LogP contribution in [0.2, 0.25) is 0 Å². The topological polar surface area (TPSA) is 29.1 Å². The van der Waals surface area contributed by atoms with Crippen molar-refractivity contribution in [3.8, 4) is 0 Å². The van der Waals surface area contributed by atoms with Gasteiger partial charge in [0.15, 0.2) is 0 Å². The molecule has 1 N–H and O–H groups in total. The molecule has 2 saturated heterocycles. The van der Waals surface area contributed by atoms with Crippen molar-refractivity contribution < 1.29 is 4.79 Å². The number of thioether (sulfide) groups is 1. The molecule has 0 aromatic rings. The minimum absolute atomic E-state index is 0.249. The van der Waals surface area contributed by atoms with Gasteiger partial charge in [-0.15, -0.1) is 0 Å². The van der Waals surface area contributed by atoms with Crippen LogP contribution in [0.15, 0.2) is 0 Å². The van der Waals surface area contributed by atoms with Crippen LogP contribution in [0.1, 0.15) is 25.7 Å². The molecular weight excluding hydrogens is 170 g/mol. The van der Waals surface area contributed by atoms with Crippen LogP contribution in [0.3, 0.4) is 0 Å². The quantitative estimate of drug-likeness (QED) is 0.618. The summed E-state index contributed by atoms with van der Waals surface area (Å²) in [6, 6.07) is 0. The lowest BCUT2D eigenvalue weighted by molar-refractivity contribution is -0.124. The van der Waals surface area contributed by atoms with Gasteiger partial charge < -0.3 is 5.32 Å². The van der Waals surface area contributed by atoms with Crippen LogP contribution in [0.5, 0.6) is 0 Å². The second-order valence-electron chi connectivity index (χ2n) is 3.89. The number of carbonyl (C=O) groups excluding carboxylic acids is 1. The maximum atomic E-state index is 11.0. The van der Waals surface area contributed by atoms with Crippen molar-refractivity contribution in [1.82, 2.24) is 5.32 Å². The molecule has 2 rings (SSSR count). The van der Waals surface area contributed by atoms with E-state index < -0.39 is 0 Å². The molecule has 2 aliphatic rings. The summed E-state index contributed by atoms with van der Waals surface area (Å²) in [5, 5.41) is 2.99. The standard InChI is InChI=1S/C9H15NOS/c11-8-1-2-9(7-10-8)3-5-12-6-4-9/h1-7H2,(H,10,11). The van der Waals surface area contributed by atoms with E-state index in [1.54, 1.807) is 0 Å². The molecule has 2 aliphatic heterocycles. The summed E-state index contributed by atoms with van der Waals surface area (Å²) in [5.74, 6) is 2.82. The van der Waals surface area contributed by atoms with Crippen molar-refractivity contribution in [2.75, 3.05) is 18.1 Å². The monoisotopic (exact) mass is 185 g/mol. The Bertz CT molecular complexity index is 175. The average molecular weight is 185 g/mol. The van der Waals surface area contributed by atoms with Gasteiger partial charge in [0.1, 0.15) is 0 Å². The van der Waals surface area contributed by atoms with E-state index in [2.05, 4.69) is 17.1 Å². The van der Waals surface area contributed by atoms with Gasteiger partial charge in [0.25, 0.3) is 0 Å². The Balaban J connectivity index is 1.96. The van der Waals surface area contributed by atoms with Crippen LogP contribution in [0, 0.1) is 5.41 Å². The summed E-state index contributed by atoms with van der Waals surface area (Å²) in [4.78, 5) is 11.0. The first-order valence-corrected chi connectivity index (χ1v) is 5.81. The van der Waals surface area contributed by atoms with E-state index in [0.717, 1.165) is 19.4 Å². The Morgan fingerprint density at radius 3 is 2.58 bits per heavy atom. The van der Waals surface area contributed by atoms with Gasteiger partial charge in [0.05, 0.1) is 0 Å². The zero-order chi connectivity index (χ0) is 8.44. The van der Waals surface area contributed by atoms with E-state index in [1.807, 2.05) is 0 Å². The Hall–Kier alpha value is -0.180. The maximum absolute atomic E-state index is 11.0. The average Bonchev–Trinajstić information content (AvgIpc) is 2.13. The summed E-state index contributed by atoms with van der Waals surface area (Å²) in [6.45, 7) is 0.937. The zero-order valence-electron chi connectivity index (χ0n) is 7.27. The van der Waals surface area contributed by atoms with Gasteiger partial charge in [-0.05, 0) is 36.2 Å². The maximum Gasteiger partial charge on any atom is 0.220 e. The van der Waals surface area contributed by atoms with Crippen LogP contribution in [-0.4, -0.2) is 24.0 Å². The third-order valence-electron chi connectivity index (χ3n) is 3.10. The van der Waals surface area contributed by atoms with Gasteiger partial charge in [-0.3, -0.25) is 4.79 Å². The Kier molecular flexibility index (Phi) is 2.31. The SMILES string of the molecule is O=C1CCC2(CCSCC2)CN1. The van der Waals surface area contributed by atoms with Crippen molar-refractivity contribution in [3.05, 3.63) is 0 Å². The smallest absolute Gasteiger partial charge is 0.220 e. The first kappa shape index (κ1) is 8.42. The van der Waals surface area contributed by atoms with E-state index in [1.165, 1.54) is 24.3 Å². The van der Waals surface area contributed by atoms with E-state index >= 15 is 0 Å². The Morgan fingerprint density at radius 1 is 1.25 bits per heavy atom. The van der Waals surface area contributed by atoms with Crippen molar-refractivity contribution in [3.63, 3.8) is 0 Å². The molecule has 2 heterocycles. The van der Waals surface area contributed by atoms with Gasteiger partial charge in [-0.25, -0.2) is 0 Å². The lowest BCUT2D eigenvalue weighted by Crippen LogP contribution is -2.45. The van der Waals surface area contributed by atoms with E-state index in [9.17, 15) is 4.79 Å². The van der Waals surface area contributed by atoms with Crippen LogP contribution >= 0.6 is 11.8 Å². The molecule has 12 heavy (non-hydrogen) atoms. The van der Waals surface area contributed by atoms with Crippen LogP contribution < -0.4 is 5.32 Å². The number of piperidine rings is 1. The molecule has 0 aliphatic carbocycles. The van der Waals surface area contributed by atoms with Crippen molar-refractivity contribution >= 4 is 17.7 Å². The van der Waals surface area contributed by atoms with Crippen molar-refractivity contribution in [2.45, 2.75) is 25.7 Å². The molecule has 3 heteroatoms. The predicted molar refractivity (Wildman–Crippen MR) is 51.2 cm³/mol. The zero-order valence-corrected chi connectivity index (χ0v) is 8.08.